The molecule has 0 aliphatic carbocycles. The fourth-order valence-corrected chi connectivity index (χ4v) is 3.29. The molecule has 1 saturated heterocycles. The van der Waals surface area contributed by atoms with Gasteiger partial charge in [0.2, 0.25) is 0 Å². The summed E-state index contributed by atoms with van der Waals surface area (Å²) in [6, 6.07) is 2.11. The zero-order valence-electron chi connectivity index (χ0n) is 19.3. The van der Waals surface area contributed by atoms with E-state index in [1.54, 1.807) is 9.47 Å². The number of hydrogen-bond donors (Lipinski definition) is 1. The molecule has 0 spiro atoms. The second kappa shape index (κ2) is 8.72. The number of aromatic nitrogens is 3. The molecule has 2 aromatic heterocycles. The molecule has 1 fully saturated rings. The molecule has 170 valence electrons. The van der Waals surface area contributed by atoms with Gasteiger partial charge in [-0.25, -0.2) is 14.8 Å². The summed E-state index contributed by atoms with van der Waals surface area (Å²) < 4.78 is 12.7. The van der Waals surface area contributed by atoms with Crippen LogP contribution in [0.15, 0.2) is 18.6 Å². The van der Waals surface area contributed by atoms with Gasteiger partial charge in [-0.1, -0.05) is 0 Å². The van der Waals surface area contributed by atoms with Gasteiger partial charge >= 0.3 is 12.1 Å². The molecule has 0 saturated carbocycles. The zero-order chi connectivity index (χ0) is 22.8. The first-order chi connectivity index (χ1) is 14.4. The Hall–Kier alpha value is -2.84. The fraction of sp³-hybridized carbons (Fsp3) is 0.636. The van der Waals surface area contributed by atoms with Gasteiger partial charge in [0.1, 0.15) is 23.4 Å². The Morgan fingerprint density at radius 2 is 1.81 bits per heavy atom. The number of ether oxygens (including phenoxy) is 2. The number of carbonyl (C=O) groups is 2. The van der Waals surface area contributed by atoms with Crippen molar-refractivity contribution in [1.29, 1.82) is 0 Å². The minimum absolute atomic E-state index is 0.102. The van der Waals surface area contributed by atoms with E-state index in [1.165, 1.54) is 6.33 Å². The molecule has 0 aromatic carbocycles. The molecule has 0 atom stereocenters. The van der Waals surface area contributed by atoms with Crippen LogP contribution >= 0.6 is 0 Å². The Morgan fingerprint density at radius 1 is 1.13 bits per heavy atom. The molecule has 9 nitrogen and oxygen atoms in total. The summed E-state index contributed by atoms with van der Waals surface area (Å²) in [4.78, 5) is 34.8. The van der Waals surface area contributed by atoms with Gasteiger partial charge in [0.05, 0.1) is 10.8 Å². The normalized spacial score (nSPS) is 15.7. The highest BCUT2D eigenvalue weighted by molar-refractivity contribution is 5.87. The minimum atomic E-state index is -0.557. The molecule has 0 bridgehead atoms. The van der Waals surface area contributed by atoms with Gasteiger partial charge in [0, 0.05) is 25.3 Å². The zero-order valence-corrected chi connectivity index (χ0v) is 19.3. The highest BCUT2D eigenvalue weighted by Gasteiger charge is 2.27. The number of carbonyl (C=O) groups excluding carboxylic acids is 2. The van der Waals surface area contributed by atoms with Crippen molar-refractivity contribution in [1.82, 2.24) is 19.4 Å². The summed E-state index contributed by atoms with van der Waals surface area (Å²) >= 11 is 0. The Balaban J connectivity index is 1.61. The third-order valence-electron chi connectivity index (χ3n) is 4.99. The van der Waals surface area contributed by atoms with E-state index < -0.39 is 11.0 Å². The summed E-state index contributed by atoms with van der Waals surface area (Å²) in [6.07, 6.45) is 4.68. The summed E-state index contributed by atoms with van der Waals surface area (Å²) in [6.45, 7) is 12.4. The van der Waals surface area contributed by atoms with Crippen LogP contribution in [-0.2, 0) is 21.0 Å². The molecule has 1 aliphatic heterocycles. The van der Waals surface area contributed by atoms with Crippen LogP contribution in [0, 0.1) is 5.41 Å². The predicted molar refractivity (Wildman–Crippen MR) is 118 cm³/mol. The van der Waals surface area contributed by atoms with Crippen molar-refractivity contribution in [3.63, 3.8) is 0 Å². The lowest BCUT2D eigenvalue weighted by atomic mass is 9.98. The lowest BCUT2D eigenvalue weighted by Gasteiger charge is -2.34. The Kier molecular flexibility index (Phi) is 6.43. The van der Waals surface area contributed by atoms with E-state index in [9.17, 15) is 9.59 Å². The first kappa shape index (κ1) is 22.8. The maximum absolute atomic E-state index is 12.3. The highest BCUT2D eigenvalue weighted by Crippen LogP contribution is 2.24. The molecule has 0 radical (unpaired) electrons. The molecule has 1 aliphatic rings. The molecule has 1 N–H and O–H groups in total. The van der Waals surface area contributed by atoms with Crippen molar-refractivity contribution in [2.24, 2.45) is 5.41 Å². The number of rotatable bonds is 4. The van der Waals surface area contributed by atoms with Gasteiger partial charge in [-0.2, -0.15) is 0 Å². The molecule has 31 heavy (non-hydrogen) atoms. The van der Waals surface area contributed by atoms with Crippen LogP contribution in [-0.4, -0.2) is 56.2 Å². The lowest BCUT2D eigenvalue weighted by Crippen LogP contribution is -2.44. The van der Waals surface area contributed by atoms with E-state index in [1.807, 2.05) is 53.8 Å². The molecule has 3 rings (SSSR count). The van der Waals surface area contributed by atoms with Crippen molar-refractivity contribution < 1.29 is 19.1 Å². The minimum Gasteiger partial charge on any atom is -0.444 e. The quantitative estimate of drug-likeness (QED) is 0.735. The maximum atomic E-state index is 12.3. The SMILES string of the molecule is CC(C)(C)OC(=O)N1CCC(Nc2ncnc3c2ccn3COC(=O)C(C)(C)C)CC1. The molecular weight excluding hydrogens is 398 g/mol. The number of esters is 1. The smallest absolute Gasteiger partial charge is 0.410 e. The number of likely N-dealkylation sites (tertiary alicyclic amines) is 1. The topological polar surface area (TPSA) is 98.6 Å². The second-order valence-electron chi connectivity index (χ2n) is 9.94. The summed E-state index contributed by atoms with van der Waals surface area (Å²) in [5.74, 6) is 0.472. The number of nitrogens with one attached hydrogen (secondary N) is 1. The van der Waals surface area contributed by atoms with Crippen LogP contribution in [0.25, 0.3) is 11.0 Å². The molecule has 3 heterocycles. The van der Waals surface area contributed by atoms with Gasteiger partial charge in [0.25, 0.3) is 0 Å². The lowest BCUT2D eigenvalue weighted by molar-refractivity contribution is -0.156. The Morgan fingerprint density at radius 3 is 2.42 bits per heavy atom. The van der Waals surface area contributed by atoms with Crippen LogP contribution in [0.4, 0.5) is 10.6 Å². The molecular formula is C22H33N5O4. The van der Waals surface area contributed by atoms with E-state index in [2.05, 4.69) is 15.3 Å². The Bertz CT molecular complexity index is 934. The van der Waals surface area contributed by atoms with Crippen LogP contribution < -0.4 is 5.32 Å². The number of anilines is 1. The molecule has 1 amide bonds. The van der Waals surface area contributed by atoms with Crippen molar-refractivity contribution in [2.75, 3.05) is 18.4 Å². The first-order valence-corrected chi connectivity index (χ1v) is 10.7. The van der Waals surface area contributed by atoms with Crippen LogP contribution in [0.3, 0.4) is 0 Å². The predicted octanol–water partition coefficient (Wildman–Crippen LogP) is 3.79. The van der Waals surface area contributed by atoms with Crippen molar-refractivity contribution >= 4 is 28.9 Å². The number of piperidine rings is 1. The van der Waals surface area contributed by atoms with Gasteiger partial charge in [-0.15, -0.1) is 0 Å². The van der Waals surface area contributed by atoms with E-state index in [-0.39, 0.29) is 24.8 Å². The maximum Gasteiger partial charge on any atom is 0.410 e. The number of fused-ring (bicyclic) bond motifs is 1. The largest absolute Gasteiger partial charge is 0.444 e. The molecule has 9 heteroatoms. The van der Waals surface area contributed by atoms with Gasteiger partial charge in [-0.05, 0) is 60.5 Å². The van der Waals surface area contributed by atoms with Crippen molar-refractivity contribution in [3.05, 3.63) is 18.6 Å². The third-order valence-corrected chi connectivity index (χ3v) is 4.99. The van der Waals surface area contributed by atoms with Crippen molar-refractivity contribution in [3.8, 4) is 0 Å². The Labute approximate surface area is 183 Å². The number of nitrogens with zero attached hydrogens (tertiary/aromatic N) is 4. The summed E-state index contributed by atoms with van der Waals surface area (Å²) in [7, 11) is 0. The van der Waals surface area contributed by atoms with E-state index in [0.717, 1.165) is 24.0 Å². The van der Waals surface area contributed by atoms with E-state index in [4.69, 9.17) is 9.47 Å². The van der Waals surface area contributed by atoms with Crippen LogP contribution in [0.1, 0.15) is 54.4 Å². The summed E-state index contributed by atoms with van der Waals surface area (Å²) in [5.41, 5.74) is -0.350. The standard InChI is InChI=1S/C22H33N5O4/c1-21(2,3)19(28)30-14-27-12-9-16-17(23-13-24-18(16)27)25-15-7-10-26(11-8-15)20(29)31-22(4,5)6/h9,12-13,15H,7-8,10-11,14H2,1-6H3,(H,23,24,25). The van der Waals surface area contributed by atoms with Crippen LogP contribution in [0.5, 0.6) is 0 Å². The van der Waals surface area contributed by atoms with Gasteiger partial charge in [-0.3, -0.25) is 9.36 Å². The van der Waals surface area contributed by atoms with Gasteiger partial charge < -0.3 is 19.7 Å². The summed E-state index contributed by atoms with van der Waals surface area (Å²) in [5, 5.41) is 4.35. The molecule has 0 unspecified atom stereocenters. The first-order valence-electron chi connectivity index (χ1n) is 10.7. The molecule has 2 aromatic rings. The number of amides is 1. The highest BCUT2D eigenvalue weighted by atomic mass is 16.6. The van der Waals surface area contributed by atoms with Gasteiger partial charge in [0.15, 0.2) is 6.73 Å². The number of hydrogen-bond acceptors (Lipinski definition) is 7. The average Bonchev–Trinajstić information content (AvgIpc) is 3.08. The second-order valence-corrected chi connectivity index (χ2v) is 9.94. The van der Waals surface area contributed by atoms with E-state index in [0.29, 0.717) is 18.7 Å². The van der Waals surface area contributed by atoms with Crippen LogP contribution in [0.2, 0.25) is 0 Å². The fourth-order valence-electron chi connectivity index (χ4n) is 3.29. The third kappa shape index (κ3) is 5.86. The van der Waals surface area contributed by atoms with E-state index >= 15 is 0 Å². The monoisotopic (exact) mass is 431 g/mol. The van der Waals surface area contributed by atoms with Crippen molar-refractivity contribution in [2.45, 2.75) is 72.8 Å². The average molecular weight is 432 g/mol.